The lowest BCUT2D eigenvalue weighted by Crippen LogP contribution is -2.40. The molecule has 0 amide bonds. The van der Waals surface area contributed by atoms with E-state index in [2.05, 4.69) is 4.72 Å². The minimum atomic E-state index is -3.71. The van der Waals surface area contributed by atoms with Crippen molar-refractivity contribution >= 4 is 33.2 Å². The standard InChI is InChI=1S/C13H17Cl2NO3S/c1-8(9-3-2-4-9)16-20(18,19)12-6-5-11(14)10(7-17)13(12)15/h5-6,8-9,16-17H,2-4,7H2,1H3. The van der Waals surface area contributed by atoms with Gasteiger partial charge in [-0.05, 0) is 37.8 Å². The fourth-order valence-corrected chi connectivity index (χ4v) is 4.48. The van der Waals surface area contributed by atoms with Gasteiger partial charge in [0.05, 0.1) is 11.6 Å². The van der Waals surface area contributed by atoms with Gasteiger partial charge in [-0.2, -0.15) is 0 Å². The van der Waals surface area contributed by atoms with Crippen molar-refractivity contribution in [1.29, 1.82) is 0 Å². The van der Waals surface area contributed by atoms with Gasteiger partial charge in [-0.15, -0.1) is 0 Å². The molecule has 0 saturated heterocycles. The molecule has 1 fully saturated rings. The molecule has 0 bridgehead atoms. The van der Waals surface area contributed by atoms with Gasteiger partial charge < -0.3 is 5.11 Å². The van der Waals surface area contributed by atoms with Gasteiger partial charge in [-0.1, -0.05) is 29.6 Å². The van der Waals surface area contributed by atoms with E-state index >= 15 is 0 Å². The zero-order chi connectivity index (χ0) is 14.9. The SMILES string of the molecule is CC(NS(=O)(=O)c1ccc(Cl)c(CO)c1Cl)C1CCC1. The number of hydrogen-bond donors (Lipinski definition) is 2. The fraction of sp³-hybridized carbons (Fsp3) is 0.538. The molecule has 1 atom stereocenters. The van der Waals surface area contributed by atoms with Crippen LogP contribution < -0.4 is 4.72 Å². The molecule has 1 aromatic carbocycles. The highest BCUT2D eigenvalue weighted by molar-refractivity contribution is 7.89. The van der Waals surface area contributed by atoms with Crippen molar-refractivity contribution < 1.29 is 13.5 Å². The van der Waals surface area contributed by atoms with E-state index in [9.17, 15) is 13.5 Å². The van der Waals surface area contributed by atoms with Crippen LogP contribution in [0.4, 0.5) is 0 Å². The Labute approximate surface area is 129 Å². The summed E-state index contributed by atoms with van der Waals surface area (Å²) >= 11 is 11.9. The molecule has 0 radical (unpaired) electrons. The van der Waals surface area contributed by atoms with E-state index in [1.165, 1.54) is 12.1 Å². The molecular weight excluding hydrogens is 321 g/mol. The van der Waals surface area contributed by atoms with Crippen LogP contribution in [0.3, 0.4) is 0 Å². The summed E-state index contributed by atoms with van der Waals surface area (Å²) < 4.78 is 27.4. The summed E-state index contributed by atoms with van der Waals surface area (Å²) in [4.78, 5) is -0.0428. The van der Waals surface area contributed by atoms with Crippen molar-refractivity contribution in [3.05, 3.63) is 27.7 Å². The number of nitrogens with one attached hydrogen (secondary N) is 1. The van der Waals surface area contributed by atoms with Gasteiger partial charge >= 0.3 is 0 Å². The summed E-state index contributed by atoms with van der Waals surface area (Å²) in [6.45, 7) is 1.46. The number of aliphatic hydroxyl groups excluding tert-OH is 1. The van der Waals surface area contributed by atoms with Crippen LogP contribution in [0.15, 0.2) is 17.0 Å². The minimum Gasteiger partial charge on any atom is -0.392 e. The largest absolute Gasteiger partial charge is 0.392 e. The number of halogens is 2. The van der Waals surface area contributed by atoms with Gasteiger partial charge in [0, 0.05) is 16.6 Å². The van der Waals surface area contributed by atoms with E-state index in [4.69, 9.17) is 23.2 Å². The number of sulfonamides is 1. The Kier molecular flexibility index (Phi) is 4.97. The van der Waals surface area contributed by atoms with Gasteiger partial charge in [0.25, 0.3) is 0 Å². The normalized spacial score (nSPS) is 17.8. The summed E-state index contributed by atoms with van der Waals surface area (Å²) in [5.74, 6) is 0.383. The Balaban J connectivity index is 2.29. The summed E-state index contributed by atoms with van der Waals surface area (Å²) in [6, 6.07) is 2.67. The van der Waals surface area contributed by atoms with Crippen molar-refractivity contribution in [1.82, 2.24) is 4.72 Å². The minimum absolute atomic E-state index is 0.0201. The molecule has 0 heterocycles. The fourth-order valence-electron chi connectivity index (χ4n) is 2.27. The molecule has 4 nitrogen and oxygen atoms in total. The second kappa shape index (κ2) is 6.20. The molecule has 2 N–H and O–H groups in total. The molecule has 2 rings (SSSR count). The molecular formula is C13H17Cl2NO3S. The van der Waals surface area contributed by atoms with Crippen LogP contribution in [0.1, 0.15) is 31.7 Å². The molecule has 0 aromatic heterocycles. The average Bonchev–Trinajstić information content (AvgIpc) is 2.25. The summed E-state index contributed by atoms with van der Waals surface area (Å²) in [6.07, 6.45) is 3.23. The van der Waals surface area contributed by atoms with E-state index < -0.39 is 16.6 Å². The zero-order valence-electron chi connectivity index (χ0n) is 11.1. The van der Waals surface area contributed by atoms with Crippen molar-refractivity contribution in [2.75, 3.05) is 0 Å². The predicted molar refractivity (Wildman–Crippen MR) is 79.5 cm³/mol. The number of rotatable bonds is 5. The third-order valence-corrected chi connectivity index (χ3v) is 6.30. The lowest BCUT2D eigenvalue weighted by molar-refractivity contribution is 0.260. The van der Waals surface area contributed by atoms with Crippen molar-refractivity contribution in [2.24, 2.45) is 5.92 Å². The summed E-state index contributed by atoms with van der Waals surface area (Å²) in [5, 5.41) is 9.46. The monoisotopic (exact) mass is 337 g/mol. The summed E-state index contributed by atoms with van der Waals surface area (Å²) in [7, 11) is -3.71. The average molecular weight is 338 g/mol. The Morgan fingerprint density at radius 1 is 1.40 bits per heavy atom. The van der Waals surface area contributed by atoms with Crippen LogP contribution in [0, 0.1) is 5.92 Å². The lowest BCUT2D eigenvalue weighted by Gasteiger charge is -2.31. The second-order valence-electron chi connectivity index (χ2n) is 5.10. The van der Waals surface area contributed by atoms with Crippen LogP contribution in [0.5, 0.6) is 0 Å². The molecule has 1 saturated carbocycles. The third-order valence-electron chi connectivity index (χ3n) is 3.80. The smallest absolute Gasteiger partial charge is 0.242 e. The van der Waals surface area contributed by atoms with Crippen LogP contribution >= 0.6 is 23.2 Å². The maximum absolute atomic E-state index is 12.4. The van der Waals surface area contributed by atoms with Gasteiger partial charge in [0.2, 0.25) is 10.0 Å². The van der Waals surface area contributed by atoms with Gasteiger partial charge in [0.15, 0.2) is 0 Å². The van der Waals surface area contributed by atoms with E-state index in [1.54, 1.807) is 0 Å². The first-order valence-corrected chi connectivity index (χ1v) is 8.70. The highest BCUT2D eigenvalue weighted by atomic mass is 35.5. The Morgan fingerprint density at radius 2 is 2.05 bits per heavy atom. The number of benzene rings is 1. The maximum Gasteiger partial charge on any atom is 0.242 e. The molecule has 112 valence electrons. The molecule has 20 heavy (non-hydrogen) atoms. The van der Waals surface area contributed by atoms with Gasteiger partial charge in [0.1, 0.15) is 4.90 Å². The van der Waals surface area contributed by atoms with E-state index in [0.717, 1.165) is 19.3 Å². The molecule has 1 unspecified atom stereocenters. The van der Waals surface area contributed by atoms with Crippen molar-refractivity contribution in [3.8, 4) is 0 Å². The van der Waals surface area contributed by atoms with E-state index in [0.29, 0.717) is 5.92 Å². The molecule has 1 aliphatic rings. The highest BCUT2D eigenvalue weighted by Gasteiger charge is 2.29. The molecule has 1 aromatic rings. The first-order chi connectivity index (χ1) is 9.36. The van der Waals surface area contributed by atoms with Crippen molar-refractivity contribution in [3.63, 3.8) is 0 Å². The zero-order valence-corrected chi connectivity index (χ0v) is 13.4. The highest BCUT2D eigenvalue weighted by Crippen LogP contribution is 2.33. The van der Waals surface area contributed by atoms with Gasteiger partial charge in [-0.3, -0.25) is 0 Å². The quantitative estimate of drug-likeness (QED) is 0.867. The van der Waals surface area contributed by atoms with Crippen LogP contribution in [0.2, 0.25) is 10.0 Å². The number of hydrogen-bond acceptors (Lipinski definition) is 3. The van der Waals surface area contributed by atoms with Gasteiger partial charge in [-0.25, -0.2) is 13.1 Å². The maximum atomic E-state index is 12.4. The molecule has 0 spiro atoms. The Morgan fingerprint density at radius 3 is 2.55 bits per heavy atom. The summed E-state index contributed by atoms with van der Waals surface area (Å²) in [5.41, 5.74) is 0.229. The second-order valence-corrected chi connectivity index (χ2v) is 7.56. The van der Waals surface area contributed by atoms with Crippen LogP contribution in [-0.2, 0) is 16.6 Å². The predicted octanol–water partition coefficient (Wildman–Crippen LogP) is 2.95. The molecule has 0 aliphatic heterocycles. The van der Waals surface area contributed by atoms with Crippen molar-refractivity contribution in [2.45, 2.75) is 43.7 Å². The first-order valence-electron chi connectivity index (χ1n) is 6.47. The molecule has 7 heteroatoms. The number of aliphatic hydroxyl groups is 1. The Hall–Kier alpha value is -0.330. The first kappa shape index (κ1) is 16.0. The van der Waals surface area contributed by atoms with E-state index in [1.807, 2.05) is 6.92 Å². The van der Waals surface area contributed by atoms with Crippen LogP contribution in [0.25, 0.3) is 0 Å². The van der Waals surface area contributed by atoms with Crippen LogP contribution in [-0.4, -0.2) is 19.6 Å². The topological polar surface area (TPSA) is 66.4 Å². The van der Waals surface area contributed by atoms with E-state index in [-0.39, 0.29) is 26.5 Å². The third kappa shape index (κ3) is 3.12. The lowest BCUT2D eigenvalue weighted by atomic mass is 9.81. The molecule has 1 aliphatic carbocycles. The Bertz CT molecular complexity index is 600.